The summed E-state index contributed by atoms with van der Waals surface area (Å²) in [4.78, 5) is 23.9. The Hall–Kier alpha value is -1.60. The van der Waals surface area contributed by atoms with Gasteiger partial charge in [0.05, 0.1) is 13.2 Å². The first-order valence-electron chi connectivity index (χ1n) is 5.64. The first-order chi connectivity index (χ1) is 8.58. The molecule has 0 aromatic carbocycles. The fourth-order valence-electron chi connectivity index (χ4n) is 1.64. The molecule has 7 heteroatoms. The maximum atomic E-state index is 11.7. The van der Waals surface area contributed by atoms with Crippen molar-refractivity contribution in [2.75, 3.05) is 33.4 Å². The molecule has 0 aromatic heterocycles. The number of carbonyl (C=O) groups is 2. The van der Waals surface area contributed by atoms with Crippen molar-refractivity contribution in [1.29, 1.82) is 0 Å². The predicted molar refractivity (Wildman–Crippen MR) is 63.2 cm³/mol. The highest BCUT2D eigenvalue weighted by Crippen LogP contribution is 2.10. The number of nitrogens with zero attached hydrogens (tertiary/aromatic N) is 1. The Balaban J connectivity index is 2.47. The van der Waals surface area contributed by atoms with E-state index in [1.807, 2.05) is 6.08 Å². The summed E-state index contributed by atoms with van der Waals surface area (Å²) in [7, 11) is 1.61. The molecule has 102 valence electrons. The van der Waals surface area contributed by atoms with Gasteiger partial charge in [-0.15, -0.1) is 0 Å². The van der Waals surface area contributed by atoms with Gasteiger partial charge in [0.25, 0.3) is 0 Å². The molecule has 1 aliphatic rings. The fourth-order valence-corrected chi connectivity index (χ4v) is 1.64. The van der Waals surface area contributed by atoms with Gasteiger partial charge in [-0.25, -0.2) is 9.59 Å². The van der Waals surface area contributed by atoms with Crippen molar-refractivity contribution in [2.45, 2.75) is 12.5 Å². The minimum atomic E-state index is -1.26. The topological polar surface area (TPSA) is 99.1 Å². The average molecular weight is 258 g/mol. The van der Waals surface area contributed by atoms with Crippen molar-refractivity contribution in [3.05, 3.63) is 11.6 Å². The molecule has 0 saturated carbocycles. The molecule has 2 amide bonds. The van der Waals surface area contributed by atoms with Gasteiger partial charge in [0, 0.05) is 20.2 Å². The van der Waals surface area contributed by atoms with E-state index in [4.69, 9.17) is 14.9 Å². The van der Waals surface area contributed by atoms with Crippen molar-refractivity contribution in [3.8, 4) is 0 Å². The van der Waals surface area contributed by atoms with Crippen molar-refractivity contribution in [2.24, 2.45) is 0 Å². The lowest BCUT2D eigenvalue weighted by Gasteiger charge is -2.27. The van der Waals surface area contributed by atoms with Crippen LogP contribution in [-0.2, 0) is 9.53 Å². The molecule has 1 atom stereocenters. The highest BCUT2D eigenvalue weighted by Gasteiger charge is 2.23. The summed E-state index contributed by atoms with van der Waals surface area (Å²) in [6.07, 6.45) is 2.60. The number of amides is 2. The number of urea groups is 1. The zero-order valence-electron chi connectivity index (χ0n) is 10.3. The molecule has 0 bridgehead atoms. The van der Waals surface area contributed by atoms with Gasteiger partial charge < -0.3 is 25.2 Å². The van der Waals surface area contributed by atoms with Crippen LogP contribution >= 0.6 is 0 Å². The molecule has 7 nitrogen and oxygen atoms in total. The van der Waals surface area contributed by atoms with Gasteiger partial charge in [-0.3, -0.25) is 0 Å². The van der Waals surface area contributed by atoms with Crippen LogP contribution < -0.4 is 5.32 Å². The number of nitrogens with one attached hydrogen (secondary N) is 1. The van der Waals surface area contributed by atoms with E-state index in [-0.39, 0.29) is 0 Å². The minimum absolute atomic E-state index is 0.419. The third kappa shape index (κ3) is 4.01. The molecule has 0 aliphatic carbocycles. The van der Waals surface area contributed by atoms with Crippen LogP contribution in [0, 0.1) is 0 Å². The number of ether oxygens (including phenoxy) is 1. The molecular formula is C11H18N2O5. The Morgan fingerprint density at radius 2 is 2.33 bits per heavy atom. The molecule has 1 rings (SSSR count). The van der Waals surface area contributed by atoms with Crippen molar-refractivity contribution >= 4 is 12.0 Å². The van der Waals surface area contributed by atoms with Crippen molar-refractivity contribution in [3.63, 3.8) is 0 Å². The molecule has 1 aliphatic heterocycles. The normalized spacial score (nSPS) is 17.0. The quantitative estimate of drug-likeness (QED) is 0.573. The van der Waals surface area contributed by atoms with Crippen LogP contribution in [0.4, 0.5) is 4.79 Å². The van der Waals surface area contributed by atoms with Gasteiger partial charge in [0.1, 0.15) is 0 Å². The summed E-state index contributed by atoms with van der Waals surface area (Å²) in [5.74, 6) is -1.25. The number of hydrogen-bond acceptors (Lipinski definition) is 4. The number of methoxy groups -OCH3 is 1. The van der Waals surface area contributed by atoms with E-state index < -0.39 is 24.6 Å². The van der Waals surface area contributed by atoms with Crippen LogP contribution in [-0.4, -0.2) is 66.6 Å². The summed E-state index contributed by atoms with van der Waals surface area (Å²) in [5.41, 5.74) is 1.12. The van der Waals surface area contributed by atoms with E-state index in [1.54, 1.807) is 7.11 Å². The Bertz CT molecular complexity index is 342. The van der Waals surface area contributed by atoms with E-state index in [2.05, 4.69) is 5.32 Å². The van der Waals surface area contributed by atoms with E-state index in [9.17, 15) is 9.59 Å². The number of hydrogen-bond donors (Lipinski definition) is 3. The van der Waals surface area contributed by atoms with E-state index in [0.29, 0.717) is 26.1 Å². The summed E-state index contributed by atoms with van der Waals surface area (Å²) >= 11 is 0. The van der Waals surface area contributed by atoms with Gasteiger partial charge in [0.15, 0.2) is 6.04 Å². The van der Waals surface area contributed by atoms with Gasteiger partial charge in [-0.1, -0.05) is 6.08 Å². The zero-order chi connectivity index (χ0) is 13.5. The van der Waals surface area contributed by atoms with Gasteiger partial charge in [-0.05, 0) is 12.0 Å². The first kappa shape index (κ1) is 14.5. The number of aliphatic hydroxyl groups excluding tert-OH is 1. The highest BCUT2D eigenvalue weighted by atomic mass is 16.5. The second kappa shape index (κ2) is 6.97. The molecule has 0 aromatic rings. The fraction of sp³-hybridized carbons (Fsp3) is 0.636. The third-order valence-corrected chi connectivity index (χ3v) is 2.70. The lowest BCUT2D eigenvalue weighted by molar-refractivity contribution is -0.140. The molecular weight excluding hydrogens is 240 g/mol. The van der Waals surface area contributed by atoms with Gasteiger partial charge in [-0.2, -0.15) is 0 Å². The number of carboxylic acid groups (broad SMARTS) is 1. The third-order valence-electron chi connectivity index (χ3n) is 2.70. The van der Waals surface area contributed by atoms with Gasteiger partial charge >= 0.3 is 12.0 Å². The molecule has 0 fully saturated rings. The van der Waals surface area contributed by atoms with E-state index in [0.717, 1.165) is 5.57 Å². The molecule has 0 saturated heterocycles. The van der Waals surface area contributed by atoms with Crippen LogP contribution in [0.2, 0.25) is 0 Å². The standard InChI is InChI=1S/C11H18N2O5/c1-18-7-8-2-4-13(5-3-8)11(17)12-9(6-14)10(15)16/h2,9,14H,3-7H2,1H3,(H,12,17)(H,15,16). The number of carbonyl (C=O) groups excluding carboxylic acids is 1. The predicted octanol–water partition coefficient (Wildman–Crippen LogP) is -0.580. The zero-order valence-corrected chi connectivity index (χ0v) is 10.3. The van der Waals surface area contributed by atoms with Crippen molar-refractivity contribution in [1.82, 2.24) is 10.2 Å². The minimum Gasteiger partial charge on any atom is -0.480 e. The lowest BCUT2D eigenvalue weighted by Crippen LogP contribution is -2.50. The maximum absolute atomic E-state index is 11.7. The SMILES string of the molecule is COCC1=CCN(C(=O)NC(CO)C(=O)O)CC1. The van der Waals surface area contributed by atoms with E-state index in [1.165, 1.54) is 4.90 Å². The molecule has 18 heavy (non-hydrogen) atoms. The molecule has 0 radical (unpaired) electrons. The smallest absolute Gasteiger partial charge is 0.328 e. The Morgan fingerprint density at radius 1 is 1.61 bits per heavy atom. The summed E-state index contributed by atoms with van der Waals surface area (Å²) in [5, 5.41) is 19.8. The number of rotatable bonds is 5. The number of aliphatic hydroxyl groups is 1. The molecule has 3 N–H and O–H groups in total. The van der Waals surface area contributed by atoms with Crippen molar-refractivity contribution < 1.29 is 24.5 Å². The molecule has 1 unspecified atom stereocenters. The molecule has 0 spiro atoms. The first-order valence-corrected chi connectivity index (χ1v) is 5.64. The second-order valence-electron chi connectivity index (χ2n) is 4.01. The average Bonchev–Trinajstić information content (AvgIpc) is 2.36. The van der Waals surface area contributed by atoms with Crippen LogP contribution in [0.5, 0.6) is 0 Å². The summed E-state index contributed by atoms with van der Waals surface area (Å²) in [6.45, 7) is 0.852. The maximum Gasteiger partial charge on any atom is 0.328 e. The molecule has 1 heterocycles. The van der Waals surface area contributed by atoms with E-state index >= 15 is 0 Å². The number of carboxylic acids is 1. The lowest BCUT2D eigenvalue weighted by atomic mass is 10.1. The second-order valence-corrected chi connectivity index (χ2v) is 4.01. The van der Waals surface area contributed by atoms with Gasteiger partial charge in [0.2, 0.25) is 0 Å². The summed E-state index contributed by atoms with van der Waals surface area (Å²) < 4.78 is 4.99. The Labute approximate surface area is 105 Å². The Morgan fingerprint density at radius 3 is 2.78 bits per heavy atom. The monoisotopic (exact) mass is 258 g/mol. The number of aliphatic carboxylic acids is 1. The summed E-state index contributed by atoms with van der Waals surface area (Å²) in [6, 6.07) is -1.74. The van der Waals surface area contributed by atoms with Crippen LogP contribution in [0.3, 0.4) is 0 Å². The Kier molecular flexibility index (Phi) is 5.60. The van der Waals surface area contributed by atoms with Crippen LogP contribution in [0.15, 0.2) is 11.6 Å². The highest BCUT2D eigenvalue weighted by molar-refractivity contribution is 5.82. The van der Waals surface area contributed by atoms with Crippen LogP contribution in [0.25, 0.3) is 0 Å². The largest absolute Gasteiger partial charge is 0.480 e. The van der Waals surface area contributed by atoms with Crippen LogP contribution in [0.1, 0.15) is 6.42 Å².